The maximum atomic E-state index is 6.24. The predicted octanol–water partition coefficient (Wildman–Crippen LogP) is 2.37. The van der Waals surface area contributed by atoms with Gasteiger partial charge in [-0.1, -0.05) is 12.1 Å². The van der Waals surface area contributed by atoms with Crippen LogP contribution in [0.5, 0.6) is 5.75 Å². The lowest BCUT2D eigenvalue weighted by atomic mass is 10.0. The van der Waals surface area contributed by atoms with Gasteiger partial charge in [0.25, 0.3) is 0 Å². The molecule has 2 rings (SSSR count). The number of nitrogens with zero attached hydrogens (tertiary/aromatic N) is 2. The SMILES string of the molecule is COc1ccc(C(N)CCc2nccn2C)cc1C. The third kappa shape index (κ3) is 3.15. The Kier molecular flexibility index (Phi) is 4.22. The van der Waals surface area contributed by atoms with Gasteiger partial charge >= 0.3 is 0 Å². The third-order valence-corrected chi connectivity index (χ3v) is 3.45. The van der Waals surface area contributed by atoms with Crippen molar-refractivity contribution in [1.82, 2.24) is 9.55 Å². The van der Waals surface area contributed by atoms with Crippen LogP contribution in [-0.2, 0) is 13.5 Å². The Balaban J connectivity index is 2.02. The highest BCUT2D eigenvalue weighted by Crippen LogP contribution is 2.23. The molecule has 4 nitrogen and oxygen atoms in total. The lowest BCUT2D eigenvalue weighted by Gasteiger charge is -2.14. The zero-order valence-corrected chi connectivity index (χ0v) is 11.8. The van der Waals surface area contributed by atoms with Gasteiger partial charge in [-0.05, 0) is 30.5 Å². The lowest BCUT2D eigenvalue weighted by molar-refractivity contribution is 0.411. The van der Waals surface area contributed by atoms with E-state index in [9.17, 15) is 0 Å². The van der Waals surface area contributed by atoms with Crippen LogP contribution in [0.1, 0.15) is 29.4 Å². The average Bonchev–Trinajstić information content (AvgIpc) is 2.81. The molecule has 2 aromatic rings. The van der Waals surface area contributed by atoms with E-state index in [0.29, 0.717) is 0 Å². The smallest absolute Gasteiger partial charge is 0.121 e. The van der Waals surface area contributed by atoms with Crippen molar-refractivity contribution in [3.63, 3.8) is 0 Å². The molecule has 1 aromatic heterocycles. The van der Waals surface area contributed by atoms with Crippen LogP contribution in [0.4, 0.5) is 0 Å². The fraction of sp³-hybridized carbons (Fsp3) is 0.400. The summed E-state index contributed by atoms with van der Waals surface area (Å²) < 4.78 is 7.29. The van der Waals surface area contributed by atoms with Gasteiger partial charge in [0, 0.05) is 31.9 Å². The van der Waals surface area contributed by atoms with E-state index in [2.05, 4.69) is 11.1 Å². The van der Waals surface area contributed by atoms with Gasteiger partial charge in [0.2, 0.25) is 0 Å². The Bertz CT molecular complexity index is 548. The minimum Gasteiger partial charge on any atom is -0.496 e. The molecule has 0 amide bonds. The number of hydrogen-bond acceptors (Lipinski definition) is 3. The molecule has 1 aromatic carbocycles. The summed E-state index contributed by atoms with van der Waals surface area (Å²) in [6.45, 7) is 2.04. The van der Waals surface area contributed by atoms with E-state index in [1.54, 1.807) is 7.11 Å². The van der Waals surface area contributed by atoms with Crippen LogP contribution in [0.2, 0.25) is 0 Å². The van der Waals surface area contributed by atoms with Crippen LogP contribution in [0.3, 0.4) is 0 Å². The monoisotopic (exact) mass is 259 g/mol. The topological polar surface area (TPSA) is 53.1 Å². The summed E-state index contributed by atoms with van der Waals surface area (Å²) >= 11 is 0. The zero-order valence-electron chi connectivity index (χ0n) is 11.8. The molecule has 1 unspecified atom stereocenters. The fourth-order valence-corrected chi connectivity index (χ4v) is 2.22. The molecule has 0 bridgehead atoms. The molecule has 102 valence electrons. The highest BCUT2D eigenvalue weighted by atomic mass is 16.5. The normalized spacial score (nSPS) is 12.4. The molecule has 0 aliphatic heterocycles. The van der Waals surface area contributed by atoms with E-state index in [1.807, 2.05) is 43.1 Å². The highest BCUT2D eigenvalue weighted by molar-refractivity contribution is 5.37. The Morgan fingerprint density at radius 1 is 1.42 bits per heavy atom. The summed E-state index contributed by atoms with van der Waals surface area (Å²) in [6, 6.07) is 6.14. The second-order valence-corrected chi connectivity index (χ2v) is 4.83. The zero-order chi connectivity index (χ0) is 13.8. The molecule has 0 aliphatic rings. The van der Waals surface area contributed by atoms with Crippen LogP contribution in [-0.4, -0.2) is 16.7 Å². The number of nitrogens with two attached hydrogens (primary N) is 1. The molecular formula is C15H21N3O. The quantitative estimate of drug-likeness (QED) is 0.897. The molecule has 1 heterocycles. The highest BCUT2D eigenvalue weighted by Gasteiger charge is 2.10. The van der Waals surface area contributed by atoms with Gasteiger partial charge in [-0.15, -0.1) is 0 Å². The largest absolute Gasteiger partial charge is 0.496 e. The van der Waals surface area contributed by atoms with Crippen LogP contribution >= 0.6 is 0 Å². The first-order valence-electron chi connectivity index (χ1n) is 6.48. The number of benzene rings is 1. The molecule has 1 atom stereocenters. The van der Waals surface area contributed by atoms with Crippen molar-refractivity contribution in [1.29, 1.82) is 0 Å². The molecule has 19 heavy (non-hydrogen) atoms. The van der Waals surface area contributed by atoms with Crippen LogP contribution in [0.25, 0.3) is 0 Å². The van der Waals surface area contributed by atoms with Gasteiger partial charge in [0.1, 0.15) is 11.6 Å². The third-order valence-electron chi connectivity index (χ3n) is 3.45. The standard InChI is InChI=1S/C15H21N3O/c1-11-10-12(4-6-14(11)19-3)13(16)5-7-15-17-8-9-18(15)2/h4,6,8-10,13H,5,7,16H2,1-3H3. The first-order valence-corrected chi connectivity index (χ1v) is 6.48. The Labute approximate surface area is 114 Å². The summed E-state index contributed by atoms with van der Waals surface area (Å²) in [4.78, 5) is 4.31. The van der Waals surface area contributed by atoms with Gasteiger partial charge < -0.3 is 15.0 Å². The van der Waals surface area contributed by atoms with E-state index in [-0.39, 0.29) is 6.04 Å². The number of hydrogen-bond donors (Lipinski definition) is 1. The van der Waals surface area contributed by atoms with E-state index in [1.165, 1.54) is 0 Å². The van der Waals surface area contributed by atoms with Crippen LogP contribution in [0.15, 0.2) is 30.6 Å². The average molecular weight is 259 g/mol. The maximum Gasteiger partial charge on any atom is 0.121 e. The summed E-state index contributed by atoms with van der Waals surface area (Å²) in [5.74, 6) is 1.97. The van der Waals surface area contributed by atoms with Crippen molar-refractivity contribution >= 4 is 0 Å². The predicted molar refractivity (Wildman–Crippen MR) is 76.2 cm³/mol. The van der Waals surface area contributed by atoms with Crippen molar-refractivity contribution < 1.29 is 4.74 Å². The Morgan fingerprint density at radius 3 is 2.79 bits per heavy atom. The first-order chi connectivity index (χ1) is 9.11. The maximum absolute atomic E-state index is 6.24. The fourth-order valence-electron chi connectivity index (χ4n) is 2.22. The summed E-state index contributed by atoms with van der Waals surface area (Å²) in [7, 11) is 3.69. The van der Waals surface area contributed by atoms with Gasteiger partial charge in [-0.25, -0.2) is 4.98 Å². The summed E-state index contributed by atoms with van der Waals surface area (Å²) in [5, 5.41) is 0. The minimum absolute atomic E-state index is 0.0290. The second kappa shape index (κ2) is 5.89. The van der Waals surface area contributed by atoms with Gasteiger partial charge in [0.05, 0.1) is 7.11 Å². The molecule has 0 aliphatic carbocycles. The van der Waals surface area contributed by atoms with E-state index >= 15 is 0 Å². The van der Waals surface area contributed by atoms with Gasteiger partial charge in [-0.3, -0.25) is 0 Å². The number of ether oxygens (including phenoxy) is 1. The molecular weight excluding hydrogens is 238 g/mol. The molecule has 0 saturated carbocycles. The Morgan fingerprint density at radius 2 is 2.21 bits per heavy atom. The minimum atomic E-state index is 0.0290. The Hall–Kier alpha value is -1.81. The van der Waals surface area contributed by atoms with E-state index in [4.69, 9.17) is 10.5 Å². The second-order valence-electron chi connectivity index (χ2n) is 4.83. The van der Waals surface area contributed by atoms with Crippen molar-refractivity contribution in [2.45, 2.75) is 25.8 Å². The number of methoxy groups -OCH3 is 1. The van der Waals surface area contributed by atoms with E-state index < -0.39 is 0 Å². The molecule has 0 radical (unpaired) electrons. The van der Waals surface area contributed by atoms with Crippen molar-refractivity contribution in [2.75, 3.05) is 7.11 Å². The van der Waals surface area contributed by atoms with Crippen LogP contribution < -0.4 is 10.5 Å². The number of aromatic nitrogens is 2. The molecule has 4 heteroatoms. The van der Waals surface area contributed by atoms with Gasteiger partial charge in [-0.2, -0.15) is 0 Å². The molecule has 0 saturated heterocycles. The number of aryl methyl sites for hydroxylation is 3. The molecule has 0 fully saturated rings. The van der Waals surface area contributed by atoms with Crippen LogP contribution in [0, 0.1) is 6.92 Å². The van der Waals surface area contributed by atoms with Crippen molar-refractivity contribution in [3.8, 4) is 5.75 Å². The number of rotatable bonds is 5. The first kappa shape index (κ1) is 13.6. The molecule has 2 N–H and O–H groups in total. The van der Waals surface area contributed by atoms with Crippen molar-refractivity contribution in [2.24, 2.45) is 12.8 Å². The number of imidazole rings is 1. The van der Waals surface area contributed by atoms with Gasteiger partial charge in [0.15, 0.2) is 0 Å². The molecule has 0 spiro atoms. The lowest BCUT2D eigenvalue weighted by Crippen LogP contribution is -2.13. The van der Waals surface area contributed by atoms with E-state index in [0.717, 1.165) is 35.5 Å². The summed E-state index contributed by atoms with van der Waals surface area (Å²) in [6.07, 6.45) is 5.54. The van der Waals surface area contributed by atoms with Crippen molar-refractivity contribution in [3.05, 3.63) is 47.5 Å². The summed E-state index contributed by atoms with van der Waals surface area (Å²) in [5.41, 5.74) is 8.51.